The predicted octanol–water partition coefficient (Wildman–Crippen LogP) is 0.918. The van der Waals surface area contributed by atoms with Gasteiger partial charge in [-0.2, -0.15) is 8.78 Å². The van der Waals surface area contributed by atoms with Crippen molar-refractivity contribution >= 4 is 9.84 Å². The van der Waals surface area contributed by atoms with Gasteiger partial charge in [0.15, 0.2) is 0 Å². The molecule has 82 valence electrons. The van der Waals surface area contributed by atoms with Gasteiger partial charge in [-0.05, 0) is 12.0 Å². The van der Waals surface area contributed by atoms with Crippen LogP contribution >= 0.6 is 0 Å². The minimum Gasteiger partial charge on any atom is -0.227 e. The van der Waals surface area contributed by atoms with E-state index in [0.717, 1.165) is 6.26 Å². The fraction of sp³-hybridized carbons (Fsp3) is 0.500. The maximum absolute atomic E-state index is 13.3. The quantitative estimate of drug-likeness (QED) is 0.679. The van der Waals surface area contributed by atoms with Crippen molar-refractivity contribution in [2.75, 3.05) is 6.26 Å². The van der Waals surface area contributed by atoms with Crippen molar-refractivity contribution in [3.05, 3.63) is 17.4 Å². The van der Waals surface area contributed by atoms with Gasteiger partial charge in [0.05, 0.1) is 1.37 Å². The number of fused-ring (bicyclic) bond motifs is 1. The molecule has 0 saturated heterocycles. The summed E-state index contributed by atoms with van der Waals surface area (Å²) < 4.78 is 56.3. The van der Waals surface area contributed by atoms with E-state index >= 15 is 0 Å². The lowest BCUT2D eigenvalue weighted by molar-refractivity contribution is -0.00653. The van der Waals surface area contributed by atoms with E-state index in [1.807, 2.05) is 0 Å². The minimum atomic E-state index is -3.77. The van der Waals surface area contributed by atoms with Crippen LogP contribution in [0, 0.1) is 0 Å². The van der Waals surface area contributed by atoms with E-state index in [4.69, 9.17) is 1.37 Å². The molecule has 0 bridgehead atoms. The second-order valence-electron chi connectivity index (χ2n) is 3.42. The van der Waals surface area contributed by atoms with Gasteiger partial charge in [-0.15, -0.1) is 0 Å². The third kappa shape index (κ3) is 1.71. The molecule has 0 saturated carbocycles. The van der Waals surface area contributed by atoms with Crippen LogP contribution in [0.1, 0.15) is 19.0 Å². The highest BCUT2D eigenvalue weighted by atomic mass is 32.2. The molecule has 0 unspecified atom stereocenters. The van der Waals surface area contributed by atoms with Crippen molar-refractivity contribution in [3.8, 4) is 0 Å². The molecular weight excluding hydrogens is 226 g/mol. The van der Waals surface area contributed by atoms with E-state index < -0.39 is 39.2 Å². The third-order valence-corrected chi connectivity index (χ3v) is 2.99. The highest BCUT2D eigenvalue weighted by Crippen LogP contribution is 2.39. The molecule has 0 N–H and O–H groups in total. The summed E-state index contributed by atoms with van der Waals surface area (Å²) in [5.41, 5.74) is -0.578. The normalized spacial score (nSPS) is 19.8. The largest absolute Gasteiger partial charge is 0.290 e. The zero-order valence-electron chi connectivity index (χ0n) is 8.79. The molecule has 15 heavy (non-hydrogen) atoms. The molecule has 0 aromatic carbocycles. The van der Waals surface area contributed by atoms with Crippen molar-refractivity contribution in [1.29, 1.82) is 0 Å². The van der Waals surface area contributed by atoms with Gasteiger partial charge in [-0.1, -0.05) is 0 Å². The Kier molecular flexibility index (Phi) is 1.79. The van der Waals surface area contributed by atoms with Crippen LogP contribution in [0.4, 0.5) is 8.78 Å². The van der Waals surface area contributed by atoms with Crippen molar-refractivity contribution in [2.45, 2.75) is 23.9 Å². The molecule has 1 heterocycles. The van der Waals surface area contributed by atoms with Crippen molar-refractivity contribution < 1.29 is 18.6 Å². The summed E-state index contributed by atoms with van der Waals surface area (Å²) in [5, 5.41) is -0.710. The van der Waals surface area contributed by atoms with E-state index in [-0.39, 0.29) is 12.0 Å². The molecule has 0 aliphatic heterocycles. The van der Waals surface area contributed by atoms with Gasteiger partial charge in [-0.25, -0.2) is 18.4 Å². The van der Waals surface area contributed by atoms with Gasteiger partial charge in [0.2, 0.25) is 15.0 Å². The van der Waals surface area contributed by atoms with Crippen LogP contribution in [0.15, 0.2) is 11.3 Å². The Morgan fingerprint density at radius 2 is 2.27 bits per heavy atom. The molecule has 0 fully saturated rings. The standard InChI is InChI=1S/C8H8F2N2O2S/c1-15(13,14)7-11-4-5-2-3-8(9,10)6(5)12-7/h4H,2-3H2,1H3/i4D. The Morgan fingerprint density at radius 3 is 2.87 bits per heavy atom. The highest BCUT2D eigenvalue weighted by Gasteiger charge is 2.41. The molecular formula is C8H8F2N2O2S. The lowest BCUT2D eigenvalue weighted by atomic mass is 10.3. The second kappa shape index (κ2) is 2.94. The van der Waals surface area contributed by atoms with Crippen molar-refractivity contribution in [3.63, 3.8) is 0 Å². The van der Waals surface area contributed by atoms with E-state index in [2.05, 4.69) is 9.97 Å². The first kappa shape index (κ1) is 9.14. The predicted molar refractivity (Wildman–Crippen MR) is 47.4 cm³/mol. The first-order valence-corrected chi connectivity index (χ1v) is 6.07. The molecule has 1 aliphatic rings. The molecule has 4 nitrogen and oxygen atoms in total. The minimum absolute atomic E-state index is 0.00517. The Bertz CT molecular complexity index is 559. The number of rotatable bonds is 1. The van der Waals surface area contributed by atoms with E-state index in [1.165, 1.54) is 0 Å². The molecule has 1 aromatic rings. The summed E-state index contributed by atoms with van der Waals surface area (Å²) in [6.07, 6.45) is -0.0506. The Hall–Kier alpha value is -1.11. The zero-order chi connectivity index (χ0) is 12.1. The lowest BCUT2D eigenvalue weighted by Crippen LogP contribution is -2.13. The van der Waals surface area contributed by atoms with Gasteiger partial charge >= 0.3 is 0 Å². The molecule has 0 radical (unpaired) electrons. The number of aromatic nitrogens is 2. The van der Waals surface area contributed by atoms with Gasteiger partial charge in [0, 0.05) is 18.8 Å². The summed E-state index contributed by atoms with van der Waals surface area (Å²) >= 11 is 0. The third-order valence-electron chi connectivity index (χ3n) is 2.15. The number of hydrogen-bond acceptors (Lipinski definition) is 4. The van der Waals surface area contributed by atoms with Crippen LogP contribution in [0.2, 0.25) is 0 Å². The van der Waals surface area contributed by atoms with Gasteiger partial charge in [0.25, 0.3) is 5.92 Å². The summed E-state index contributed by atoms with van der Waals surface area (Å²) in [6.45, 7) is 0. The van der Waals surface area contributed by atoms with E-state index in [0.29, 0.717) is 0 Å². The first-order chi connectivity index (χ1) is 7.22. The fourth-order valence-electron chi connectivity index (χ4n) is 1.40. The smallest absolute Gasteiger partial charge is 0.227 e. The number of sulfone groups is 1. The van der Waals surface area contributed by atoms with Crippen LogP contribution < -0.4 is 0 Å². The number of nitrogens with zero attached hydrogens (tertiary/aromatic N) is 2. The van der Waals surface area contributed by atoms with Gasteiger partial charge in [0.1, 0.15) is 5.69 Å². The molecule has 0 spiro atoms. The molecule has 7 heteroatoms. The van der Waals surface area contributed by atoms with Gasteiger partial charge < -0.3 is 0 Å². The summed E-state index contributed by atoms with van der Waals surface area (Å²) in [6, 6.07) is 0. The fourth-order valence-corrected chi connectivity index (χ4v) is 1.87. The summed E-state index contributed by atoms with van der Waals surface area (Å²) in [7, 11) is -3.77. The van der Waals surface area contributed by atoms with Crippen molar-refractivity contribution in [2.24, 2.45) is 0 Å². The number of halogens is 2. The number of alkyl halides is 2. The van der Waals surface area contributed by atoms with Crippen LogP contribution in [0.5, 0.6) is 0 Å². The maximum Gasteiger partial charge on any atom is 0.290 e. The summed E-state index contributed by atoms with van der Waals surface area (Å²) in [4.78, 5) is 6.78. The highest BCUT2D eigenvalue weighted by molar-refractivity contribution is 7.90. The molecule has 1 aliphatic carbocycles. The molecule has 0 atom stereocenters. The van der Waals surface area contributed by atoms with E-state index in [1.54, 1.807) is 0 Å². The topological polar surface area (TPSA) is 59.9 Å². The Morgan fingerprint density at radius 1 is 1.60 bits per heavy atom. The van der Waals surface area contributed by atoms with Crippen molar-refractivity contribution in [1.82, 2.24) is 9.97 Å². The monoisotopic (exact) mass is 235 g/mol. The Labute approximate surface area is 86.7 Å². The molecule has 1 aromatic heterocycles. The van der Waals surface area contributed by atoms with E-state index in [9.17, 15) is 17.2 Å². The van der Waals surface area contributed by atoms with Crippen LogP contribution in [-0.4, -0.2) is 24.6 Å². The zero-order valence-corrected chi connectivity index (χ0v) is 8.61. The Balaban J connectivity index is 2.71. The first-order valence-electron chi connectivity index (χ1n) is 4.68. The van der Waals surface area contributed by atoms with Crippen LogP contribution in [0.3, 0.4) is 0 Å². The molecule has 0 amide bonds. The number of hydrogen-bond donors (Lipinski definition) is 0. The average molecular weight is 235 g/mol. The second-order valence-corrected chi connectivity index (χ2v) is 5.33. The summed E-state index contributed by atoms with van der Waals surface area (Å²) in [5.74, 6) is -3.16. The van der Waals surface area contributed by atoms with Crippen LogP contribution in [0.25, 0.3) is 0 Å². The average Bonchev–Trinajstić information content (AvgIpc) is 2.41. The molecule has 2 rings (SSSR count). The maximum atomic E-state index is 13.3. The van der Waals surface area contributed by atoms with Gasteiger partial charge in [-0.3, -0.25) is 0 Å². The van der Waals surface area contributed by atoms with Crippen LogP contribution in [-0.2, 0) is 22.2 Å². The SMILES string of the molecule is [2H]c1nc(S(C)(=O)=O)nc2c1CCC2(F)F. The lowest BCUT2D eigenvalue weighted by Gasteiger charge is -2.08.